The normalized spacial score (nSPS) is 18.3. The molecule has 2 fully saturated rings. The van der Waals surface area contributed by atoms with E-state index >= 15 is 0 Å². The van der Waals surface area contributed by atoms with E-state index in [1.165, 1.54) is 5.69 Å². The van der Waals surface area contributed by atoms with E-state index in [0.717, 1.165) is 56.2 Å². The standard InChI is InChI=1S/C14H19N7O2.C14H19N7O/c15-13-12(14(16)20-19-13)18-17-10-1-2-11(22)9(7-10)8-21-3-5-23-6-4-21;1-9-8-10(21-4-6-22-7-5-21)2-3-11(9)17-18-12-13(15)19-20-14(12)16/h1-2,7,17,22H,3-6,8H2,(H4,15,16,18,19,20);2-3,8,17H,4-7H2,1H3,(H4,15,16,18,19,20). The number of anilines is 3. The predicted molar refractivity (Wildman–Crippen MR) is 177 cm³/mol. The molecule has 45 heavy (non-hydrogen) atoms. The summed E-state index contributed by atoms with van der Waals surface area (Å²) < 4.78 is 10.7. The van der Waals surface area contributed by atoms with Crippen LogP contribution in [0.3, 0.4) is 0 Å². The molecule has 2 aromatic rings. The van der Waals surface area contributed by atoms with E-state index in [2.05, 4.69) is 63.4 Å². The summed E-state index contributed by atoms with van der Waals surface area (Å²) in [5.41, 5.74) is 33.8. The Morgan fingerprint density at radius 1 is 0.756 bits per heavy atom. The Labute approximate surface area is 260 Å². The number of aromatic hydroxyl groups is 1. The third-order valence-electron chi connectivity index (χ3n) is 7.25. The molecule has 6 rings (SSSR count). The summed E-state index contributed by atoms with van der Waals surface area (Å²) in [6, 6.07) is 11.4. The zero-order valence-corrected chi connectivity index (χ0v) is 25.0. The van der Waals surface area contributed by atoms with Crippen LogP contribution in [0.25, 0.3) is 0 Å². The zero-order chi connectivity index (χ0) is 31.8. The minimum absolute atomic E-state index is 0.169. The summed E-state index contributed by atoms with van der Waals surface area (Å²) in [5, 5.41) is 33.0. The highest BCUT2D eigenvalue weighted by molar-refractivity contribution is 6.69. The third-order valence-corrected chi connectivity index (χ3v) is 7.25. The van der Waals surface area contributed by atoms with Crippen LogP contribution in [0.2, 0.25) is 0 Å². The fourth-order valence-corrected chi connectivity index (χ4v) is 4.71. The van der Waals surface area contributed by atoms with E-state index < -0.39 is 0 Å². The van der Waals surface area contributed by atoms with Crippen molar-refractivity contribution in [3.8, 4) is 5.75 Å². The highest BCUT2D eigenvalue weighted by Gasteiger charge is 2.18. The molecule has 4 aliphatic rings. The van der Waals surface area contributed by atoms with Crippen molar-refractivity contribution >= 4 is 51.8 Å². The van der Waals surface area contributed by atoms with Gasteiger partial charge in [-0.2, -0.15) is 10.2 Å². The predicted octanol–water partition coefficient (Wildman–Crippen LogP) is -0.122. The van der Waals surface area contributed by atoms with E-state index in [1.54, 1.807) is 12.1 Å². The SMILES string of the molecule is Cc1cc(N2CCOCC2)ccc1NN=C1C(N)=NN=C1N.NC1=NN=C(N)C1=NNc1ccc(O)c(CN2CCOCC2)c1. The Kier molecular flexibility index (Phi) is 10.0. The molecule has 0 amide bonds. The lowest BCUT2D eigenvalue weighted by Crippen LogP contribution is -2.36. The number of phenolic OH excluding ortho intramolecular Hbond substituents is 1. The van der Waals surface area contributed by atoms with Crippen LogP contribution < -0.4 is 38.7 Å². The number of nitrogens with zero attached hydrogens (tertiary/aromatic N) is 8. The highest BCUT2D eigenvalue weighted by Crippen LogP contribution is 2.25. The van der Waals surface area contributed by atoms with Gasteiger partial charge in [-0.25, -0.2) is 0 Å². The molecule has 0 unspecified atom stereocenters. The fraction of sp³-hybridized carbons (Fsp3) is 0.357. The largest absolute Gasteiger partial charge is 0.508 e. The zero-order valence-electron chi connectivity index (χ0n) is 25.0. The second kappa shape index (κ2) is 14.5. The van der Waals surface area contributed by atoms with Gasteiger partial charge in [0, 0.05) is 44.0 Å². The van der Waals surface area contributed by atoms with Crippen LogP contribution in [0.15, 0.2) is 67.0 Å². The van der Waals surface area contributed by atoms with Gasteiger partial charge in [-0.1, -0.05) is 0 Å². The first-order valence-electron chi connectivity index (χ1n) is 14.4. The average molecular weight is 619 g/mol. The molecular weight excluding hydrogens is 580 g/mol. The first-order valence-corrected chi connectivity index (χ1v) is 14.4. The van der Waals surface area contributed by atoms with E-state index in [-0.39, 0.29) is 29.1 Å². The van der Waals surface area contributed by atoms with E-state index in [9.17, 15) is 5.11 Å². The molecule has 2 saturated heterocycles. The van der Waals surface area contributed by atoms with Crippen LogP contribution in [-0.4, -0.2) is 97.4 Å². The lowest BCUT2D eigenvalue weighted by molar-refractivity contribution is 0.0339. The number of phenols is 1. The van der Waals surface area contributed by atoms with Gasteiger partial charge in [0.2, 0.25) is 0 Å². The van der Waals surface area contributed by atoms with Crippen molar-refractivity contribution in [2.45, 2.75) is 13.5 Å². The van der Waals surface area contributed by atoms with Gasteiger partial charge in [0.15, 0.2) is 34.8 Å². The van der Waals surface area contributed by atoms with Gasteiger partial charge >= 0.3 is 0 Å². The van der Waals surface area contributed by atoms with Crippen molar-refractivity contribution < 1.29 is 14.6 Å². The fourth-order valence-electron chi connectivity index (χ4n) is 4.71. The van der Waals surface area contributed by atoms with Crippen molar-refractivity contribution in [3.63, 3.8) is 0 Å². The van der Waals surface area contributed by atoms with Crippen LogP contribution in [0.4, 0.5) is 17.1 Å². The number of hydrazone groups is 2. The average Bonchev–Trinajstić information content (AvgIpc) is 3.55. The van der Waals surface area contributed by atoms with Gasteiger partial charge in [0.05, 0.1) is 37.8 Å². The van der Waals surface area contributed by atoms with Crippen LogP contribution >= 0.6 is 0 Å². The number of nitrogens with two attached hydrogens (primary N) is 4. The lowest BCUT2D eigenvalue weighted by Gasteiger charge is -2.29. The Morgan fingerprint density at radius 2 is 1.31 bits per heavy atom. The maximum absolute atomic E-state index is 10.0. The third kappa shape index (κ3) is 8.02. The quantitative estimate of drug-likeness (QED) is 0.159. The van der Waals surface area contributed by atoms with Crippen LogP contribution in [0, 0.1) is 6.92 Å². The first-order chi connectivity index (χ1) is 21.8. The molecule has 0 aromatic heterocycles. The molecule has 0 spiro atoms. The highest BCUT2D eigenvalue weighted by atomic mass is 16.5. The number of amidine groups is 4. The Balaban J connectivity index is 0.000000178. The van der Waals surface area contributed by atoms with Crippen molar-refractivity contribution in [1.29, 1.82) is 0 Å². The Bertz CT molecular complexity index is 1530. The molecule has 0 saturated carbocycles. The minimum atomic E-state index is 0.169. The number of rotatable bonds is 7. The topological polar surface area (TPSA) is 247 Å². The van der Waals surface area contributed by atoms with Crippen molar-refractivity contribution in [1.82, 2.24) is 4.90 Å². The maximum atomic E-state index is 10.0. The van der Waals surface area contributed by atoms with Crippen molar-refractivity contribution in [3.05, 3.63) is 47.5 Å². The van der Waals surface area contributed by atoms with Gasteiger partial charge in [-0.15, -0.1) is 20.4 Å². The second-order valence-electron chi connectivity index (χ2n) is 10.4. The number of aryl methyl sites for hydroxylation is 1. The number of morpholine rings is 2. The summed E-state index contributed by atoms with van der Waals surface area (Å²) >= 11 is 0. The summed E-state index contributed by atoms with van der Waals surface area (Å²) in [6.45, 7) is 9.15. The molecule has 17 heteroatoms. The molecule has 4 aliphatic heterocycles. The van der Waals surface area contributed by atoms with Crippen LogP contribution in [0.1, 0.15) is 11.1 Å². The van der Waals surface area contributed by atoms with Crippen molar-refractivity contribution in [2.75, 3.05) is 68.4 Å². The van der Waals surface area contributed by atoms with Gasteiger partial charge < -0.3 is 42.4 Å². The molecule has 0 bridgehead atoms. The number of ether oxygens (including phenoxy) is 2. The smallest absolute Gasteiger partial charge is 0.177 e. The Hall–Kier alpha value is -5.26. The Morgan fingerprint density at radius 3 is 1.89 bits per heavy atom. The summed E-state index contributed by atoms with van der Waals surface area (Å²) in [6.07, 6.45) is 0. The van der Waals surface area contributed by atoms with E-state index in [1.807, 2.05) is 19.1 Å². The number of benzene rings is 2. The number of hydrogen-bond donors (Lipinski definition) is 7. The molecule has 2 aromatic carbocycles. The summed E-state index contributed by atoms with van der Waals surface area (Å²) in [7, 11) is 0. The second-order valence-corrected chi connectivity index (χ2v) is 10.4. The van der Waals surface area contributed by atoms with Gasteiger partial charge in [0.25, 0.3) is 0 Å². The number of nitrogens with one attached hydrogen (secondary N) is 2. The molecule has 4 heterocycles. The molecule has 0 aliphatic carbocycles. The molecule has 0 atom stereocenters. The maximum Gasteiger partial charge on any atom is 0.177 e. The molecule has 11 N–H and O–H groups in total. The summed E-state index contributed by atoms with van der Waals surface area (Å²) in [4.78, 5) is 4.53. The first kappa shape index (κ1) is 31.2. The summed E-state index contributed by atoms with van der Waals surface area (Å²) in [5.74, 6) is 1.02. The molecular formula is C28H38N14O3. The van der Waals surface area contributed by atoms with Gasteiger partial charge in [-0.3, -0.25) is 15.8 Å². The van der Waals surface area contributed by atoms with Gasteiger partial charge in [-0.05, 0) is 48.9 Å². The molecule has 0 radical (unpaired) electrons. The van der Waals surface area contributed by atoms with E-state index in [0.29, 0.717) is 36.9 Å². The van der Waals surface area contributed by atoms with E-state index in [4.69, 9.17) is 32.4 Å². The monoisotopic (exact) mass is 618 g/mol. The van der Waals surface area contributed by atoms with Gasteiger partial charge in [0.1, 0.15) is 5.75 Å². The van der Waals surface area contributed by atoms with Crippen molar-refractivity contribution in [2.24, 2.45) is 53.5 Å². The van der Waals surface area contributed by atoms with Crippen LogP contribution in [0.5, 0.6) is 5.75 Å². The minimum Gasteiger partial charge on any atom is -0.508 e. The molecule has 17 nitrogen and oxygen atoms in total. The van der Waals surface area contributed by atoms with Crippen LogP contribution in [-0.2, 0) is 16.0 Å². The molecule has 238 valence electrons. The number of hydrogen-bond acceptors (Lipinski definition) is 17. The lowest BCUT2D eigenvalue weighted by atomic mass is 10.1.